The number of carbonyl (C=O) groups excluding carboxylic acids is 2. The lowest BCUT2D eigenvalue weighted by Gasteiger charge is -2.30. The summed E-state index contributed by atoms with van der Waals surface area (Å²) >= 11 is 13.4. The molecular weight excluding hydrogens is 683 g/mol. The monoisotopic (exact) mass is 730 g/mol. The Morgan fingerprint density at radius 3 is 1.59 bits per heavy atom. The summed E-state index contributed by atoms with van der Waals surface area (Å²) in [6, 6.07) is 16.6. The van der Waals surface area contributed by atoms with Crippen LogP contribution in [-0.2, 0) is 14.3 Å². The molecule has 3 aliphatic heterocycles. The Hall–Kier alpha value is -3.66. The third-order valence-electron chi connectivity index (χ3n) is 11.0. The Morgan fingerprint density at radius 2 is 1.14 bits per heavy atom. The van der Waals surface area contributed by atoms with Crippen molar-refractivity contribution < 1.29 is 14.3 Å². The van der Waals surface area contributed by atoms with Crippen molar-refractivity contribution in [2.24, 2.45) is 11.8 Å². The van der Waals surface area contributed by atoms with E-state index in [1.165, 1.54) is 0 Å². The summed E-state index contributed by atoms with van der Waals surface area (Å²) in [4.78, 5) is 46.9. The summed E-state index contributed by atoms with van der Waals surface area (Å²) in [6.45, 7) is 9.86. The van der Waals surface area contributed by atoms with Gasteiger partial charge in [-0.05, 0) is 75.3 Å². The Morgan fingerprint density at radius 1 is 0.706 bits per heavy atom. The molecule has 3 saturated heterocycles. The maximum atomic E-state index is 13.5. The first-order chi connectivity index (χ1) is 24.6. The van der Waals surface area contributed by atoms with Crippen molar-refractivity contribution in [3.05, 3.63) is 70.5 Å². The van der Waals surface area contributed by atoms with Crippen LogP contribution in [0.15, 0.2) is 48.5 Å². The molecule has 2 amide bonds. The number of ether oxygens (including phenoxy) is 1. The summed E-state index contributed by atoms with van der Waals surface area (Å²) in [5, 5.41) is 0.821. The highest BCUT2D eigenvalue weighted by molar-refractivity contribution is 6.32. The molecule has 51 heavy (non-hydrogen) atoms. The zero-order valence-electron chi connectivity index (χ0n) is 29.9. The van der Waals surface area contributed by atoms with Crippen LogP contribution in [0.3, 0.4) is 0 Å². The fourth-order valence-corrected chi connectivity index (χ4v) is 8.69. The Bertz CT molecular complexity index is 1850. The van der Waals surface area contributed by atoms with Crippen LogP contribution in [0.5, 0.6) is 0 Å². The fraction of sp³-hybridized carbons (Fsp3) is 0.500. The number of rotatable bonds is 9. The van der Waals surface area contributed by atoms with Gasteiger partial charge in [0.05, 0.1) is 23.5 Å². The van der Waals surface area contributed by atoms with Gasteiger partial charge in [0.25, 0.3) is 0 Å². The molecule has 5 heterocycles. The quantitative estimate of drug-likeness (QED) is 0.178. The van der Waals surface area contributed by atoms with E-state index in [1.807, 2.05) is 34.1 Å². The lowest BCUT2D eigenvalue weighted by Crippen LogP contribution is -2.37. The van der Waals surface area contributed by atoms with E-state index in [0.29, 0.717) is 35.0 Å². The van der Waals surface area contributed by atoms with E-state index >= 15 is 0 Å². The number of amides is 2. The van der Waals surface area contributed by atoms with E-state index in [9.17, 15) is 9.59 Å². The molecule has 4 aromatic rings. The molecule has 0 saturated carbocycles. The molecule has 9 nitrogen and oxygen atoms in total. The number of imidazole rings is 2. The first-order valence-electron chi connectivity index (χ1n) is 18.5. The number of aromatic nitrogens is 4. The molecule has 7 rings (SSSR count). The molecule has 2 N–H and O–H groups in total. The Labute approximate surface area is 310 Å². The third kappa shape index (κ3) is 7.48. The standard InChI is InChI=1S/C40H48Cl2N6O3/c1-23(2)21-33(49)47-24(3)5-15-31(47)39-43-35(37(41)45-39)29-11-7-27(8-12-29)28-9-13-30(14-10-28)36-38(42)46-40(44-36)32-16-6-25(4)48(32)34(50)22-26-17-19-51-20-18-26/h7-14,23-26,31-32H,5-6,15-22H2,1-4H3,(H,43,45)(H,44,46)/t24-,25-,31-,32-/m0/s1. The zero-order chi connectivity index (χ0) is 35.8. The van der Waals surface area contributed by atoms with Crippen LogP contribution < -0.4 is 0 Å². The van der Waals surface area contributed by atoms with Crippen molar-refractivity contribution >= 4 is 35.0 Å². The molecular formula is C40H48Cl2N6O3. The highest BCUT2D eigenvalue weighted by atomic mass is 35.5. The molecule has 0 bridgehead atoms. The molecule has 2 aromatic heterocycles. The zero-order valence-corrected chi connectivity index (χ0v) is 31.4. The first-order valence-corrected chi connectivity index (χ1v) is 19.2. The molecule has 0 unspecified atom stereocenters. The maximum Gasteiger partial charge on any atom is 0.223 e. The Balaban J connectivity index is 1.04. The number of nitrogens with zero attached hydrogens (tertiary/aromatic N) is 4. The molecule has 0 spiro atoms. The van der Waals surface area contributed by atoms with Crippen molar-refractivity contribution in [2.75, 3.05) is 13.2 Å². The number of benzene rings is 2. The molecule has 2 aromatic carbocycles. The van der Waals surface area contributed by atoms with Gasteiger partial charge in [0.2, 0.25) is 11.8 Å². The number of hydrogen-bond donors (Lipinski definition) is 2. The number of H-pyrrole nitrogens is 2. The summed E-state index contributed by atoms with van der Waals surface area (Å²) < 4.78 is 5.50. The number of hydrogen-bond acceptors (Lipinski definition) is 5. The van der Waals surface area contributed by atoms with Crippen LogP contribution in [-0.4, -0.2) is 66.8 Å². The average Bonchev–Trinajstić information content (AvgIpc) is 3.90. The fourth-order valence-electron chi connectivity index (χ4n) is 8.20. The van der Waals surface area contributed by atoms with Crippen molar-refractivity contribution in [2.45, 2.75) is 103 Å². The SMILES string of the molecule is CC(C)CC(=O)N1[C@@H](C)CC[C@H]1c1nc(Cl)c(-c2ccc(-c3ccc(-c4[nH]c([C@@H]5CC[C@H](C)N5C(=O)CC5CCOCC5)nc4Cl)cc3)cc2)[nH]1. The highest BCUT2D eigenvalue weighted by Crippen LogP contribution is 2.40. The second kappa shape index (κ2) is 15.1. The molecule has 0 radical (unpaired) electrons. The van der Waals surface area contributed by atoms with Gasteiger partial charge < -0.3 is 24.5 Å². The molecule has 270 valence electrons. The van der Waals surface area contributed by atoms with E-state index in [1.54, 1.807) is 0 Å². The summed E-state index contributed by atoms with van der Waals surface area (Å²) in [7, 11) is 0. The lowest BCUT2D eigenvalue weighted by atomic mass is 9.95. The van der Waals surface area contributed by atoms with Gasteiger partial charge in [-0.1, -0.05) is 85.6 Å². The maximum absolute atomic E-state index is 13.5. The minimum Gasteiger partial charge on any atom is -0.381 e. The number of likely N-dealkylation sites (tertiary alicyclic amines) is 2. The summed E-state index contributed by atoms with van der Waals surface area (Å²) in [6.07, 6.45) is 6.58. The van der Waals surface area contributed by atoms with E-state index in [-0.39, 0.29) is 36.0 Å². The van der Waals surface area contributed by atoms with Crippen LogP contribution in [0.2, 0.25) is 10.3 Å². The number of nitrogens with one attached hydrogen (secondary N) is 2. The molecule has 11 heteroatoms. The third-order valence-corrected chi connectivity index (χ3v) is 11.5. The van der Waals surface area contributed by atoms with Gasteiger partial charge in [0.15, 0.2) is 10.3 Å². The minimum atomic E-state index is -0.108. The van der Waals surface area contributed by atoms with Gasteiger partial charge in [-0.15, -0.1) is 0 Å². The number of carbonyl (C=O) groups is 2. The van der Waals surface area contributed by atoms with Gasteiger partial charge in [-0.2, -0.15) is 0 Å². The topological polar surface area (TPSA) is 107 Å². The van der Waals surface area contributed by atoms with E-state index in [0.717, 1.165) is 97.0 Å². The normalized spacial score (nSPS) is 22.7. The van der Waals surface area contributed by atoms with Crippen molar-refractivity contribution in [1.82, 2.24) is 29.7 Å². The predicted molar refractivity (Wildman–Crippen MR) is 201 cm³/mol. The van der Waals surface area contributed by atoms with Crippen molar-refractivity contribution in [1.29, 1.82) is 0 Å². The highest BCUT2D eigenvalue weighted by Gasteiger charge is 2.39. The lowest BCUT2D eigenvalue weighted by molar-refractivity contribution is -0.136. The second-order valence-corrected chi connectivity index (χ2v) is 15.8. The van der Waals surface area contributed by atoms with Gasteiger partial charge in [0, 0.05) is 49.3 Å². The number of aromatic amines is 2. The molecule has 3 aliphatic rings. The molecule has 0 aliphatic carbocycles. The van der Waals surface area contributed by atoms with E-state index in [4.69, 9.17) is 32.9 Å². The van der Waals surface area contributed by atoms with Gasteiger partial charge in [-0.25, -0.2) is 9.97 Å². The average molecular weight is 732 g/mol. The summed E-state index contributed by atoms with van der Waals surface area (Å²) in [5.74, 6) is 2.54. The summed E-state index contributed by atoms with van der Waals surface area (Å²) in [5.41, 5.74) is 5.51. The van der Waals surface area contributed by atoms with Gasteiger partial charge >= 0.3 is 0 Å². The van der Waals surface area contributed by atoms with Crippen molar-refractivity contribution in [3.63, 3.8) is 0 Å². The van der Waals surface area contributed by atoms with Crippen LogP contribution in [0.1, 0.15) is 103 Å². The molecule has 4 atom stereocenters. The van der Waals surface area contributed by atoms with Gasteiger partial charge in [0.1, 0.15) is 11.6 Å². The van der Waals surface area contributed by atoms with E-state index < -0.39 is 0 Å². The van der Waals surface area contributed by atoms with E-state index in [2.05, 4.69) is 66.9 Å². The smallest absolute Gasteiger partial charge is 0.223 e. The number of halogens is 2. The minimum absolute atomic E-state index is 0.0972. The van der Waals surface area contributed by atoms with Gasteiger partial charge in [-0.3, -0.25) is 9.59 Å². The van der Waals surface area contributed by atoms with Crippen LogP contribution >= 0.6 is 23.2 Å². The largest absolute Gasteiger partial charge is 0.381 e. The predicted octanol–water partition coefficient (Wildman–Crippen LogP) is 9.41. The Kier molecular flexibility index (Phi) is 10.6. The first kappa shape index (κ1) is 35.7. The molecule has 3 fully saturated rings. The van der Waals surface area contributed by atoms with Crippen LogP contribution in [0.25, 0.3) is 33.6 Å². The van der Waals surface area contributed by atoms with Crippen molar-refractivity contribution in [3.8, 4) is 33.6 Å². The second-order valence-electron chi connectivity index (χ2n) is 15.1. The van der Waals surface area contributed by atoms with Crippen LogP contribution in [0, 0.1) is 11.8 Å². The van der Waals surface area contributed by atoms with Crippen LogP contribution in [0.4, 0.5) is 0 Å².